The van der Waals surface area contributed by atoms with Crippen LogP contribution in [0.5, 0.6) is 0 Å². The van der Waals surface area contributed by atoms with Crippen LogP contribution in [0.3, 0.4) is 0 Å². The summed E-state index contributed by atoms with van der Waals surface area (Å²) in [7, 11) is 0. The molecule has 0 spiro atoms. The van der Waals surface area contributed by atoms with Crippen LogP contribution in [0.4, 0.5) is 16.2 Å². The number of hydrogen-bond donors (Lipinski definition) is 2. The fraction of sp³-hybridized carbons (Fsp3) is 0.241. The Kier molecular flexibility index (Phi) is 5.91. The van der Waals surface area contributed by atoms with Crippen LogP contribution in [0.2, 0.25) is 0 Å². The minimum absolute atomic E-state index is 0.0329. The second-order valence-corrected chi connectivity index (χ2v) is 9.41. The van der Waals surface area contributed by atoms with Gasteiger partial charge < -0.3 is 15.2 Å². The Morgan fingerprint density at radius 3 is 2.17 bits per heavy atom. The summed E-state index contributed by atoms with van der Waals surface area (Å²) >= 11 is 0. The number of aromatic amines is 1. The van der Waals surface area contributed by atoms with E-state index in [1.807, 2.05) is 77.4 Å². The Morgan fingerprint density at radius 2 is 1.47 bits per heavy atom. The fourth-order valence-electron chi connectivity index (χ4n) is 5.43. The summed E-state index contributed by atoms with van der Waals surface area (Å²) in [5.41, 5.74) is 5.61. The van der Waals surface area contributed by atoms with Gasteiger partial charge in [0.1, 0.15) is 0 Å². The van der Waals surface area contributed by atoms with E-state index in [1.165, 1.54) is 0 Å². The van der Waals surface area contributed by atoms with Crippen LogP contribution in [0.15, 0.2) is 77.6 Å². The molecule has 182 valence electrons. The zero-order chi connectivity index (χ0) is 24.5. The number of fused-ring (bicyclic) bond motifs is 3. The number of urea groups is 1. The van der Waals surface area contributed by atoms with Gasteiger partial charge in [-0.1, -0.05) is 60.7 Å². The lowest BCUT2D eigenvalue weighted by Gasteiger charge is -2.32. The summed E-state index contributed by atoms with van der Waals surface area (Å²) in [5, 5.41) is 3.14. The summed E-state index contributed by atoms with van der Waals surface area (Å²) in [6, 6.07) is 23.9. The highest BCUT2D eigenvalue weighted by molar-refractivity contribution is 6.05. The molecule has 2 aliphatic heterocycles. The highest BCUT2D eigenvalue weighted by Gasteiger charge is 2.25. The van der Waals surface area contributed by atoms with Gasteiger partial charge in [0.25, 0.3) is 0 Å². The van der Waals surface area contributed by atoms with Crippen molar-refractivity contribution in [3.8, 4) is 0 Å². The maximum atomic E-state index is 13.4. The van der Waals surface area contributed by atoms with Gasteiger partial charge in [-0.15, -0.1) is 0 Å². The first kappa shape index (κ1) is 22.4. The topological polar surface area (TPSA) is 73.4 Å². The minimum Gasteiger partial charge on any atom is -0.336 e. The minimum atomic E-state index is -0.126. The number of para-hydroxylation sites is 4. The lowest BCUT2D eigenvalue weighted by molar-refractivity contribution is 0.187. The SMILES string of the molecule is O=C(NCCN1CCC(n2c(=O)[nH]c3ccccc32)CC1)N1c2ccccc2C=Cc2ccccc21. The molecule has 6 rings (SSSR count). The lowest BCUT2D eigenvalue weighted by Crippen LogP contribution is -2.44. The number of imidazole rings is 1. The first-order valence-corrected chi connectivity index (χ1v) is 12.5. The van der Waals surface area contributed by atoms with Crippen LogP contribution in [0.1, 0.15) is 30.0 Å². The summed E-state index contributed by atoms with van der Waals surface area (Å²) in [4.78, 5) is 33.1. The molecule has 1 aromatic heterocycles. The predicted molar refractivity (Wildman–Crippen MR) is 145 cm³/mol. The number of aromatic nitrogens is 2. The number of carbonyl (C=O) groups excluding carboxylic acids is 1. The van der Waals surface area contributed by atoms with E-state index >= 15 is 0 Å². The van der Waals surface area contributed by atoms with Crippen molar-refractivity contribution in [2.24, 2.45) is 0 Å². The number of rotatable bonds is 4. The van der Waals surface area contributed by atoms with Gasteiger partial charge in [-0.25, -0.2) is 9.59 Å². The van der Waals surface area contributed by atoms with Gasteiger partial charge in [-0.3, -0.25) is 9.47 Å². The van der Waals surface area contributed by atoms with Crippen molar-refractivity contribution in [2.75, 3.05) is 31.1 Å². The number of H-pyrrole nitrogens is 1. The first-order chi connectivity index (χ1) is 17.7. The molecule has 4 aromatic rings. The Bertz CT molecular complexity index is 1440. The molecule has 0 saturated carbocycles. The molecule has 0 unspecified atom stereocenters. The van der Waals surface area contributed by atoms with Crippen LogP contribution < -0.4 is 15.9 Å². The molecule has 1 fully saturated rings. The number of nitrogens with zero attached hydrogens (tertiary/aromatic N) is 3. The molecule has 7 heteroatoms. The average molecular weight is 480 g/mol. The van der Waals surface area contributed by atoms with Gasteiger partial charge in [0.15, 0.2) is 0 Å². The summed E-state index contributed by atoms with van der Waals surface area (Å²) in [5.74, 6) is 0. The largest absolute Gasteiger partial charge is 0.336 e. The molecule has 7 nitrogen and oxygen atoms in total. The van der Waals surface area contributed by atoms with Gasteiger partial charge in [0.2, 0.25) is 0 Å². The van der Waals surface area contributed by atoms with Crippen LogP contribution in [0.25, 0.3) is 23.2 Å². The first-order valence-electron chi connectivity index (χ1n) is 12.5. The number of nitrogens with one attached hydrogen (secondary N) is 2. The zero-order valence-corrected chi connectivity index (χ0v) is 20.1. The molecule has 2 aliphatic rings. The van der Waals surface area contributed by atoms with E-state index < -0.39 is 0 Å². The van der Waals surface area contributed by atoms with Gasteiger partial charge in [-0.2, -0.15) is 0 Å². The van der Waals surface area contributed by atoms with Gasteiger partial charge in [0, 0.05) is 32.2 Å². The van der Waals surface area contributed by atoms with Crippen LogP contribution in [0, 0.1) is 0 Å². The second kappa shape index (κ2) is 9.51. The smallest absolute Gasteiger partial charge is 0.326 e. The number of hydrogen-bond acceptors (Lipinski definition) is 3. The van der Waals surface area contributed by atoms with E-state index in [2.05, 4.69) is 27.4 Å². The lowest BCUT2D eigenvalue weighted by atomic mass is 10.0. The molecule has 36 heavy (non-hydrogen) atoms. The van der Waals surface area contributed by atoms with Crippen LogP contribution in [-0.4, -0.2) is 46.7 Å². The van der Waals surface area contributed by atoms with Crippen molar-refractivity contribution in [1.29, 1.82) is 0 Å². The van der Waals surface area contributed by atoms with Crippen molar-refractivity contribution in [1.82, 2.24) is 19.8 Å². The molecule has 3 aromatic carbocycles. The third-order valence-electron chi connectivity index (χ3n) is 7.25. The van der Waals surface area contributed by atoms with Gasteiger partial charge in [0.05, 0.1) is 22.4 Å². The number of piperidine rings is 1. The number of benzene rings is 3. The van der Waals surface area contributed by atoms with Crippen LogP contribution in [-0.2, 0) is 0 Å². The highest BCUT2D eigenvalue weighted by atomic mass is 16.2. The molecular formula is C29H29N5O2. The number of carbonyl (C=O) groups is 1. The van der Waals surface area contributed by atoms with E-state index in [9.17, 15) is 9.59 Å². The van der Waals surface area contributed by atoms with Crippen molar-refractivity contribution < 1.29 is 4.79 Å². The van der Waals surface area contributed by atoms with E-state index in [1.54, 1.807) is 4.90 Å². The van der Waals surface area contributed by atoms with E-state index in [4.69, 9.17) is 0 Å². The van der Waals surface area contributed by atoms with E-state index in [0.717, 1.165) is 66.0 Å². The van der Waals surface area contributed by atoms with Gasteiger partial charge >= 0.3 is 11.7 Å². The monoisotopic (exact) mass is 479 g/mol. The third kappa shape index (κ3) is 4.12. The van der Waals surface area contributed by atoms with Crippen molar-refractivity contribution in [3.05, 3.63) is 94.4 Å². The quantitative estimate of drug-likeness (QED) is 0.433. The summed E-state index contributed by atoms with van der Waals surface area (Å²) < 4.78 is 1.91. The molecule has 1 saturated heterocycles. The molecule has 0 aliphatic carbocycles. The number of anilines is 2. The van der Waals surface area contributed by atoms with E-state index in [0.29, 0.717) is 6.54 Å². The Labute approximate surface area is 209 Å². The van der Waals surface area contributed by atoms with Gasteiger partial charge in [-0.05, 0) is 48.2 Å². The van der Waals surface area contributed by atoms with Crippen molar-refractivity contribution in [3.63, 3.8) is 0 Å². The Hall–Kier alpha value is -4.10. The molecular weight excluding hydrogens is 450 g/mol. The molecule has 0 bridgehead atoms. The molecule has 2 amide bonds. The maximum absolute atomic E-state index is 13.4. The second-order valence-electron chi connectivity index (χ2n) is 9.41. The molecule has 0 radical (unpaired) electrons. The third-order valence-corrected chi connectivity index (χ3v) is 7.25. The standard InChI is InChI=1S/C29H29N5O2/c35-28(34-25-10-4-1-7-21(25)13-14-22-8-2-5-11-26(22)34)30-17-20-32-18-15-23(16-19-32)33-27-12-6-3-9-24(27)31-29(33)36/h1-14,23H,15-20H2,(H,30,35)(H,31,36). The summed E-state index contributed by atoms with van der Waals surface area (Å²) in [6.07, 6.45) is 5.94. The fourth-order valence-corrected chi connectivity index (χ4v) is 5.43. The number of amides is 2. The van der Waals surface area contributed by atoms with Crippen LogP contribution >= 0.6 is 0 Å². The normalized spacial score (nSPS) is 15.9. The predicted octanol–water partition coefficient (Wildman–Crippen LogP) is 5.00. The average Bonchev–Trinajstić information content (AvgIpc) is 3.14. The van der Waals surface area contributed by atoms with E-state index in [-0.39, 0.29) is 17.8 Å². The Morgan fingerprint density at radius 1 is 0.861 bits per heavy atom. The molecule has 2 N–H and O–H groups in total. The summed E-state index contributed by atoms with van der Waals surface area (Å²) in [6.45, 7) is 3.12. The van der Waals surface area contributed by atoms with Crippen molar-refractivity contribution in [2.45, 2.75) is 18.9 Å². The van der Waals surface area contributed by atoms with Crippen molar-refractivity contribution >= 4 is 40.6 Å². The Balaban J connectivity index is 1.09. The zero-order valence-electron chi connectivity index (χ0n) is 20.1. The number of likely N-dealkylation sites (tertiary alicyclic amines) is 1. The molecule has 0 atom stereocenters. The highest BCUT2D eigenvalue weighted by Crippen LogP contribution is 2.36. The molecule has 3 heterocycles. The maximum Gasteiger partial charge on any atom is 0.326 e.